The van der Waals surface area contributed by atoms with Gasteiger partial charge in [-0.05, 0) is 32.1 Å². The summed E-state index contributed by atoms with van der Waals surface area (Å²) in [6.07, 6.45) is 6.73. The summed E-state index contributed by atoms with van der Waals surface area (Å²) in [6.45, 7) is 0.230. The van der Waals surface area contributed by atoms with Gasteiger partial charge in [-0.3, -0.25) is 0 Å². The first-order valence-corrected chi connectivity index (χ1v) is 8.63. The van der Waals surface area contributed by atoms with Crippen molar-refractivity contribution in [2.24, 2.45) is 0 Å². The smallest absolute Gasteiger partial charge is 0.106 e. The summed E-state index contributed by atoms with van der Waals surface area (Å²) in [5.74, 6) is 0. The standard InChI is InChI=1S/C14H22INO3/c15-10-14-9-12(4-2-8-17)18-13(14)6-5-11(19-14)3-1-7-16/h11-13,17H,1-6,8-10H2. The molecule has 2 rings (SSSR count). The Morgan fingerprint density at radius 2 is 2.16 bits per heavy atom. The van der Waals surface area contributed by atoms with Gasteiger partial charge in [0.05, 0.1) is 24.4 Å². The minimum absolute atomic E-state index is 0.154. The summed E-state index contributed by atoms with van der Waals surface area (Å²) in [7, 11) is 0. The number of aliphatic hydroxyl groups is 1. The summed E-state index contributed by atoms with van der Waals surface area (Å²) in [6, 6.07) is 2.20. The van der Waals surface area contributed by atoms with E-state index in [1.54, 1.807) is 0 Å². The van der Waals surface area contributed by atoms with Gasteiger partial charge in [0.15, 0.2) is 0 Å². The van der Waals surface area contributed by atoms with E-state index < -0.39 is 0 Å². The average Bonchev–Trinajstić information content (AvgIpc) is 2.81. The van der Waals surface area contributed by atoms with Crippen molar-refractivity contribution in [3.8, 4) is 6.07 Å². The lowest BCUT2D eigenvalue weighted by atomic mass is 9.87. The van der Waals surface area contributed by atoms with Gasteiger partial charge in [0, 0.05) is 23.9 Å². The molecule has 0 saturated carbocycles. The maximum atomic E-state index is 8.93. The van der Waals surface area contributed by atoms with Crippen LogP contribution >= 0.6 is 22.6 Å². The zero-order chi connectivity index (χ0) is 13.7. The van der Waals surface area contributed by atoms with Crippen LogP contribution in [0.25, 0.3) is 0 Å². The van der Waals surface area contributed by atoms with E-state index in [9.17, 15) is 0 Å². The Kier molecular flexibility index (Phi) is 5.87. The first-order chi connectivity index (χ1) is 9.24. The van der Waals surface area contributed by atoms with Crippen molar-refractivity contribution in [3.63, 3.8) is 0 Å². The van der Waals surface area contributed by atoms with Crippen LogP contribution in [0.5, 0.6) is 0 Å². The molecule has 19 heavy (non-hydrogen) atoms. The van der Waals surface area contributed by atoms with Crippen LogP contribution in [0.4, 0.5) is 0 Å². The summed E-state index contributed by atoms with van der Waals surface area (Å²) < 4.78 is 13.4. The maximum Gasteiger partial charge on any atom is 0.106 e. The molecule has 108 valence electrons. The minimum atomic E-state index is -0.154. The Hall–Kier alpha value is 0.1000. The highest BCUT2D eigenvalue weighted by atomic mass is 127. The topological polar surface area (TPSA) is 62.5 Å². The van der Waals surface area contributed by atoms with Crippen molar-refractivity contribution in [2.45, 2.75) is 68.9 Å². The fraction of sp³-hybridized carbons (Fsp3) is 0.929. The molecule has 4 unspecified atom stereocenters. The van der Waals surface area contributed by atoms with E-state index in [1.807, 2.05) is 0 Å². The normalized spacial score (nSPS) is 37.8. The van der Waals surface area contributed by atoms with Crippen molar-refractivity contribution in [3.05, 3.63) is 0 Å². The summed E-state index contributed by atoms with van der Waals surface area (Å²) in [4.78, 5) is 0. The number of fused-ring (bicyclic) bond motifs is 1. The van der Waals surface area contributed by atoms with Gasteiger partial charge < -0.3 is 14.6 Å². The first kappa shape index (κ1) is 15.5. The number of nitrogens with zero attached hydrogens (tertiary/aromatic N) is 1. The number of nitriles is 1. The lowest BCUT2D eigenvalue weighted by molar-refractivity contribution is -0.153. The van der Waals surface area contributed by atoms with Crippen LogP contribution in [0.3, 0.4) is 0 Å². The van der Waals surface area contributed by atoms with E-state index in [-0.39, 0.29) is 30.5 Å². The van der Waals surface area contributed by atoms with Crippen LogP contribution in [0.2, 0.25) is 0 Å². The molecule has 0 spiro atoms. The lowest BCUT2D eigenvalue weighted by Crippen LogP contribution is -2.49. The van der Waals surface area contributed by atoms with Crippen LogP contribution in [-0.4, -0.2) is 40.1 Å². The molecule has 4 atom stereocenters. The van der Waals surface area contributed by atoms with Crippen LogP contribution in [-0.2, 0) is 9.47 Å². The number of ether oxygens (including phenoxy) is 2. The summed E-state index contributed by atoms with van der Waals surface area (Å²) in [5.41, 5.74) is -0.154. The quantitative estimate of drug-likeness (QED) is 0.569. The molecule has 2 saturated heterocycles. The molecule has 2 heterocycles. The number of rotatable bonds is 6. The third-order valence-corrected chi connectivity index (χ3v) is 5.45. The van der Waals surface area contributed by atoms with Crippen LogP contribution < -0.4 is 0 Å². The fourth-order valence-electron chi connectivity index (χ4n) is 3.19. The minimum Gasteiger partial charge on any atom is -0.396 e. The van der Waals surface area contributed by atoms with Crippen LogP contribution in [0.1, 0.15) is 44.9 Å². The highest BCUT2D eigenvalue weighted by Gasteiger charge is 2.51. The van der Waals surface area contributed by atoms with E-state index in [2.05, 4.69) is 28.7 Å². The number of hydrogen-bond acceptors (Lipinski definition) is 4. The van der Waals surface area contributed by atoms with Gasteiger partial charge in [-0.25, -0.2) is 0 Å². The summed E-state index contributed by atoms with van der Waals surface area (Å²) in [5, 5.41) is 17.6. The van der Waals surface area contributed by atoms with E-state index in [0.29, 0.717) is 6.42 Å². The highest BCUT2D eigenvalue weighted by Crippen LogP contribution is 2.44. The largest absolute Gasteiger partial charge is 0.396 e. The van der Waals surface area contributed by atoms with E-state index >= 15 is 0 Å². The van der Waals surface area contributed by atoms with Gasteiger partial charge in [-0.15, -0.1) is 0 Å². The molecule has 0 aromatic heterocycles. The molecule has 4 nitrogen and oxygen atoms in total. The SMILES string of the molecule is N#CCCC1CCC2OC(CCCO)CC2(CI)O1. The van der Waals surface area contributed by atoms with E-state index in [0.717, 1.165) is 43.0 Å². The molecular weight excluding hydrogens is 357 g/mol. The monoisotopic (exact) mass is 379 g/mol. The lowest BCUT2D eigenvalue weighted by Gasteiger charge is -2.41. The molecule has 0 aromatic carbocycles. The van der Waals surface area contributed by atoms with Gasteiger partial charge >= 0.3 is 0 Å². The zero-order valence-electron chi connectivity index (χ0n) is 11.2. The number of halogens is 1. The molecule has 2 aliphatic heterocycles. The molecule has 1 N–H and O–H groups in total. The second kappa shape index (κ2) is 7.21. The Bertz CT molecular complexity index is 333. The number of hydrogen-bond donors (Lipinski definition) is 1. The number of alkyl halides is 1. The first-order valence-electron chi connectivity index (χ1n) is 7.11. The van der Waals surface area contributed by atoms with Gasteiger partial charge in [0.1, 0.15) is 5.60 Å². The maximum absolute atomic E-state index is 8.93. The molecule has 2 aliphatic rings. The van der Waals surface area contributed by atoms with Gasteiger partial charge in [0.25, 0.3) is 0 Å². The fourth-order valence-corrected chi connectivity index (χ4v) is 4.18. The van der Waals surface area contributed by atoms with Crippen LogP contribution in [0, 0.1) is 11.3 Å². The van der Waals surface area contributed by atoms with Crippen molar-refractivity contribution < 1.29 is 14.6 Å². The van der Waals surface area contributed by atoms with Crippen LogP contribution in [0.15, 0.2) is 0 Å². The molecule has 2 fully saturated rings. The molecule has 0 aliphatic carbocycles. The number of aliphatic hydroxyl groups excluding tert-OH is 1. The van der Waals surface area contributed by atoms with Gasteiger partial charge in [-0.2, -0.15) is 5.26 Å². The Morgan fingerprint density at radius 1 is 1.32 bits per heavy atom. The zero-order valence-corrected chi connectivity index (χ0v) is 13.3. The van der Waals surface area contributed by atoms with E-state index in [1.165, 1.54) is 0 Å². The molecular formula is C14H22INO3. The Balaban J connectivity index is 1.95. The molecule has 0 amide bonds. The highest BCUT2D eigenvalue weighted by molar-refractivity contribution is 14.1. The Labute approximate surface area is 128 Å². The molecule has 5 heteroatoms. The van der Waals surface area contributed by atoms with Crippen molar-refractivity contribution in [1.29, 1.82) is 5.26 Å². The van der Waals surface area contributed by atoms with Gasteiger partial charge in [-0.1, -0.05) is 22.6 Å². The van der Waals surface area contributed by atoms with Gasteiger partial charge in [0.2, 0.25) is 0 Å². The van der Waals surface area contributed by atoms with Crippen molar-refractivity contribution >= 4 is 22.6 Å². The van der Waals surface area contributed by atoms with Crippen molar-refractivity contribution in [2.75, 3.05) is 11.0 Å². The van der Waals surface area contributed by atoms with Crippen molar-refractivity contribution in [1.82, 2.24) is 0 Å². The second-order valence-electron chi connectivity index (χ2n) is 5.53. The third kappa shape index (κ3) is 3.60. The Morgan fingerprint density at radius 3 is 2.84 bits per heavy atom. The predicted octanol–water partition coefficient (Wildman–Crippen LogP) is 2.57. The second-order valence-corrected chi connectivity index (χ2v) is 6.29. The van der Waals surface area contributed by atoms with E-state index in [4.69, 9.17) is 19.8 Å². The average molecular weight is 379 g/mol. The summed E-state index contributed by atoms with van der Waals surface area (Å²) >= 11 is 2.39. The molecule has 0 aromatic rings. The molecule has 0 bridgehead atoms. The predicted molar refractivity (Wildman–Crippen MR) is 80.2 cm³/mol. The molecule has 0 radical (unpaired) electrons. The third-order valence-electron chi connectivity index (χ3n) is 4.16.